The highest BCUT2D eigenvalue weighted by Crippen LogP contribution is 2.16. The van der Waals surface area contributed by atoms with Crippen LogP contribution < -0.4 is 15.4 Å². The van der Waals surface area contributed by atoms with Gasteiger partial charge in [-0.1, -0.05) is 42.5 Å². The first-order chi connectivity index (χ1) is 12.6. The van der Waals surface area contributed by atoms with Gasteiger partial charge < -0.3 is 10.1 Å². The molecule has 0 aliphatic carbocycles. The van der Waals surface area contributed by atoms with Crippen LogP contribution in [-0.4, -0.2) is 23.8 Å². The second-order valence-electron chi connectivity index (χ2n) is 6.17. The van der Waals surface area contributed by atoms with Crippen molar-refractivity contribution in [1.82, 2.24) is 10.6 Å². The van der Waals surface area contributed by atoms with Gasteiger partial charge in [-0.15, -0.1) is 0 Å². The van der Waals surface area contributed by atoms with E-state index in [1.807, 2.05) is 54.6 Å². The molecule has 0 radical (unpaired) electrons. The quantitative estimate of drug-likeness (QED) is 0.776. The lowest BCUT2D eigenvalue weighted by Gasteiger charge is -2.21. The van der Waals surface area contributed by atoms with Crippen LogP contribution in [0.5, 0.6) is 5.75 Å². The van der Waals surface area contributed by atoms with Crippen LogP contribution in [0.4, 0.5) is 0 Å². The SMILES string of the molecule is O=C1CCC(NC(=O)Cc2cccc(OCc3ccccc3)c2)C(=O)N1. The first-order valence-electron chi connectivity index (χ1n) is 8.49. The standard InChI is InChI=1S/C20H20N2O4/c23-18-10-9-17(20(25)22-18)21-19(24)12-15-7-4-8-16(11-15)26-13-14-5-2-1-3-6-14/h1-8,11,17H,9-10,12-13H2,(H,21,24)(H,22,23,25). The fourth-order valence-electron chi connectivity index (χ4n) is 2.75. The Balaban J connectivity index is 1.53. The molecule has 6 nitrogen and oxygen atoms in total. The minimum absolute atomic E-state index is 0.139. The normalized spacial score (nSPS) is 16.7. The molecule has 0 saturated carbocycles. The number of ether oxygens (including phenoxy) is 1. The van der Waals surface area contributed by atoms with Crippen molar-refractivity contribution in [2.45, 2.75) is 31.9 Å². The van der Waals surface area contributed by atoms with E-state index in [9.17, 15) is 14.4 Å². The Kier molecular flexibility index (Phi) is 5.63. The van der Waals surface area contributed by atoms with Crippen molar-refractivity contribution >= 4 is 17.7 Å². The largest absolute Gasteiger partial charge is 0.489 e. The van der Waals surface area contributed by atoms with E-state index >= 15 is 0 Å². The second kappa shape index (κ2) is 8.29. The molecule has 134 valence electrons. The van der Waals surface area contributed by atoms with Gasteiger partial charge in [-0.3, -0.25) is 19.7 Å². The summed E-state index contributed by atoms with van der Waals surface area (Å²) in [5, 5.41) is 4.90. The van der Waals surface area contributed by atoms with E-state index in [0.717, 1.165) is 11.1 Å². The summed E-state index contributed by atoms with van der Waals surface area (Å²) in [5.41, 5.74) is 1.86. The lowest BCUT2D eigenvalue weighted by atomic mass is 10.1. The highest BCUT2D eigenvalue weighted by atomic mass is 16.5. The predicted molar refractivity (Wildman–Crippen MR) is 95.2 cm³/mol. The minimum Gasteiger partial charge on any atom is -0.489 e. The van der Waals surface area contributed by atoms with Crippen LogP contribution in [0.3, 0.4) is 0 Å². The van der Waals surface area contributed by atoms with E-state index in [0.29, 0.717) is 18.8 Å². The van der Waals surface area contributed by atoms with Gasteiger partial charge in [0.05, 0.1) is 6.42 Å². The van der Waals surface area contributed by atoms with Crippen molar-refractivity contribution in [2.24, 2.45) is 0 Å². The zero-order valence-electron chi connectivity index (χ0n) is 14.2. The summed E-state index contributed by atoms with van der Waals surface area (Å²) in [5.74, 6) is -0.335. The van der Waals surface area contributed by atoms with Gasteiger partial charge in [0.15, 0.2) is 0 Å². The average Bonchev–Trinajstić information content (AvgIpc) is 2.63. The van der Waals surface area contributed by atoms with Crippen molar-refractivity contribution < 1.29 is 19.1 Å². The number of carbonyl (C=O) groups excluding carboxylic acids is 3. The molecule has 3 amide bonds. The van der Waals surface area contributed by atoms with Crippen LogP contribution in [0.25, 0.3) is 0 Å². The Morgan fingerprint density at radius 2 is 1.85 bits per heavy atom. The summed E-state index contributed by atoms with van der Waals surface area (Å²) in [7, 11) is 0. The Bertz CT molecular complexity index is 804. The fraction of sp³-hybridized carbons (Fsp3) is 0.250. The number of rotatable bonds is 6. The molecule has 1 unspecified atom stereocenters. The summed E-state index contributed by atoms with van der Waals surface area (Å²) >= 11 is 0. The number of imide groups is 1. The van der Waals surface area contributed by atoms with Gasteiger partial charge in [-0.2, -0.15) is 0 Å². The third kappa shape index (κ3) is 4.92. The molecule has 3 rings (SSSR count). The molecule has 2 N–H and O–H groups in total. The smallest absolute Gasteiger partial charge is 0.249 e. The number of carbonyl (C=O) groups is 3. The number of hydrogen-bond donors (Lipinski definition) is 2. The Hall–Kier alpha value is -3.15. The predicted octanol–water partition coefficient (Wildman–Crippen LogP) is 1.73. The molecule has 1 fully saturated rings. The summed E-state index contributed by atoms with van der Waals surface area (Å²) in [4.78, 5) is 35.0. The molecule has 2 aromatic carbocycles. The van der Waals surface area contributed by atoms with Crippen LogP contribution in [0, 0.1) is 0 Å². The summed E-state index contributed by atoms with van der Waals surface area (Å²) in [6.45, 7) is 0.451. The van der Waals surface area contributed by atoms with Crippen molar-refractivity contribution in [3.8, 4) is 5.75 Å². The van der Waals surface area contributed by atoms with E-state index in [-0.39, 0.29) is 24.7 Å². The number of nitrogens with one attached hydrogen (secondary N) is 2. The monoisotopic (exact) mass is 352 g/mol. The van der Waals surface area contributed by atoms with E-state index < -0.39 is 11.9 Å². The Morgan fingerprint density at radius 3 is 2.62 bits per heavy atom. The van der Waals surface area contributed by atoms with Gasteiger partial charge in [0.2, 0.25) is 17.7 Å². The first-order valence-corrected chi connectivity index (χ1v) is 8.49. The van der Waals surface area contributed by atoms with Crippen molar-refractivity contribution in [3.05, 3.63) is 65.7 Å². The van der Waals surface area contributed by atoms with E-state index in [2.05, 4.69) is 10.6 Å². The number of piperidine rings is 1. The van der Waals surface area contributed by atoms with Crippen LogP contribution in [0.15, 0.2) is 54.6 Å². The highest BCUT2D eigenvalue weighted by Gasteiger charge is 2.27. The van der Waals surface area contributed by atoms with Crippen LogP contribution in [-0.2, 0) is 27.4 Å². The van der Waals surface area contributed by atoms with Crippen molar-refractivity contribution in [2.75, 3.05) is 0 Å². The third-order valence-electron chi connectivity index (χ3n) is 4.09. The lowest BCUT2D eigenvalue weighted by molar-refractivity contribution is -0.137. The number of amides is 3. The van der Waals surface area contributed by atoms with Crippen LogP contribution in [0.2, 0.25) is 0 Å². The zero-order chi connectivity index (χ0) is 18.4. The fourth-order valence-corrected chi connectivity index (χ4v) is 2.75. The van der Waals surface area contributed by atoms with E-state index in [1.165, 1.54) is 0 Å². The van der Waals surface area contributed by atoms with Gasteiger partial charge in [-0.25, -0.2) is 0 Å². The van der Waals surface area contributed by atoms with Gasteiger partial charge in [-0.05, 0) is 29.7 Å². The van der Waals surface area contributed by atoms with E-state index in [4.69, 9.17) is 4.74 Å². The number of hydrogen-bond acceptors (Lipinski definition) is 4. The first kappa shape index (κ1) is 17.7. The van der Waals surface area contributed by atoms with Crippen molar-refractivity contribution in [3.63, 3.8) is 0 Å². The summed E-state index contributed by atoms with van der Waals surface area (Å²) in [6.07, 6.45) is 0.705. The molecule has 0 aromatic heterocycles. The van der Waals surface area contributed by atoms with E-state index in [1.54, 1.807) is 0 Å². The topological polar surface area (TPSA) is 84.5 Å². The Labute approximate surface area is 151 Å². The molecule has 2 aromatic rings. The summed E-state index contributed by atoms with van der Waals surface area (Å²) < 4.78 is 5.76. The van der Waals surface area contributed by atoms with Crippen LogP contribution in [0.1, 0.15) is 24.0 Å². The maximum atomic E-state index is 12.2. The summed E-state index contributed by atoms with van der Waals surface area (Å²) in [6, 6.07) is 16.5. The van der Waals surface area contributed by atoms with Gasteiger partial charge in [0.1, 0.15) is 18.4 Å². The molecular weight excluding hydrogens is 332 g/mol. The molecule has 0 bridgehead atoms. The molecule has 1 aliphatic heterocycles. The molecule has 1 atom stereocenters. The molecule has 1 saturated heterocycles. The van der Waals surface area contributed by atoms with Gasteiger partial charge >= 0.3 is 0 Å². The lowest BCUT2D eigenvalue weighted by Crippen LogP contribution is -2.52. The second-order valence-corrected chi connectivity index (χ2v) is 6.17. The molecule has 6 heteroatoms. The molecule has 1 heterocycles. The molecule has 1 aliphatic rings. The van der Waals surface area contributed by atoms with Gasteiger partial charge in [0.25, 0.3) is 0 Å². The molecule has 0 spiro atoms. The zero-order valence-corrected chi connectivity index (χ0v) is 14.2. The molecule has 26 heavy (non-hydrogen) atoms. The minimum atomic E-state index is -0.655. The maximum Gasteiger partial charge on any atom is 0.249 e. The van der Waals surface area contributed by atoms with Crippen LogP contribution >= 0.6 is 0 Å². The number of benzene rings is 2. The van der Waals surface area contributed by atoms with Gasteiger partial charge in [0, 0.05) is 6.42 Å². The van der Waals surface area contributed by atoms with Crippen molar-refractivity contribution in [1.29, 1.82) is 0 Å². The third-order valence-corrected chi connectivity index (χ3v) is 4.09. The molecular formula is C20H20N2O4. The maximum absolute atomic E-state index is 12.2. The highest BCUT2D eigenvalue weighted by molar-refractivity contribution is 6.01. The average molecular weight is 352 g/mol. The Morgan fingerprint density at radius 1 is 1.08 bits per heavy atom.